The van der Waals surface area contributed by atoms with Gasteiger partial charge < -0.3 is 10.4 Å². The molecule has 3 aromatic rings. The molecular formula is C24H21NO3. The van der Waals surface area contributed by atoms with E-state index in [4.69, 9.17) is 0 Å². The SMILES string of the molecule is Cc1ccccc1C[C@@H](NC(=O)C1c2ccccc2-c2ccccc21)C(=O)O. The zero-order valence-corrected chi connectivity index (χ0v) is 15.6. The predicted molar refractivity (Wildman–Crippen MR) is 108 cm³/mol. The Balaban J connectivity index is 1.63. The minimum absolute atomic E-state index is 0.254. The van der Waals surface area contributed by atoms with Crippen molar-refractivity contribution in [2.75, 3.05) is 0 Å². The van der Waals surface area contributed by atoms with E-state index in [0.717, 1.165) is 33.4 Å². The molecule has 28 heavy (non-hydrogen) atoms. The summed E-state index contributed by atoms with van der Waals surface area (Å²) in [7, 11) is 0. The first-order valence-corrected chi connectivity index (χ1v) is 9.32. The Labute approximate surface area is 163 Å². The van der Waals surface area contributed by atoms with Gasteiger partial charge in [-0.3, -0.25) is 4.79 Å². The van der Waals surface area contributed by atoms with Gasteiger partial charge in [0.2, 0.25) is 5.91 Å². The number of carboxylic acids is 1. The van der Waals surface area contributed by atoms with Crippen molar-refractivity contribution in [1.29, 1.82) is 0 Å². The Morgan fingerprint density at radius 2 is 1.43 bits per heavy atom. The average molecular weight is 371 g/mol. The van der Waals surface area contributed by atoms with Gasteiger partial charge in [-0.2, -0.15) is 0 Å². The first-order valence-electron chi connectivity index (χ1n) is 9.32. The van der Waals surface area contributed by atoms with Gasteiger partial charge in [0.1, 0.15) is 6.04 Å². The summed E-state index contributed by atoms with van der Waals surface area (Å²) in [6.07, 6.45) is 0.254. The third-order valence-electron chi connectivity index (χ3n) is 5.40. The van der Waals surface area contributed by atoms with E-state index >= 15 is 0 Å². The van der Waals surface area contributed by atoms with Crippen molar-refractivity contribution in [3.8, 4) is 11.1 Å². The predicted octanol–water partition coefficient (Wildman–Crippen LogP) is 3.92. The molecule has 4 nitrogen and oxygen atoms in total. The van der Waals surface area contributed by atoms with Crippen molar-refractivity contribution >= 4 is 11.9 Å². The number of carboxylic acid groups (broad SMARTS) is 1. The van der Waals surface area contributed by atoms with Crippen molar-refractivity contribution in [2.24, 2.45) is 0 Å². The Kier molecular flexibility index (Phi) is 4.70. The summed E-state index contributed by atoms with van der Waals surface area (Å²) < 4.78 is 0. The molecular weight excluding hydrogens is 350 g/mol. The summed E-state index contributed by atoms with van der Waals surface area (Å²) in [5.41, 5.74) is 5.83. The van der Waals surface area contributed by atoms with Gasteiger partial charge in [0.15, 0.2) is 0 Å². The van der Waals surface area contributed by atoms with Crippen LogP contribution >= 0.6 is 0 Å². The van der Waals surface area contributed by atoms with E-state index < -0.39 is 17.9 Å². The summed E-state index contributed by atoms with van der Waals surface area (Å²) in [6.45, 7) is 1.94. The van der Waals surface area contributed by atoms with Crippen LogP contribution in [-0.4, -0.2) is 23.0 Å². The van der Waals surface area contributed by atoms with Gasteiger partial charge in [0.25, 0.3) is 0 Å². The maximum Gasteiger partial charge on any atom is 0.326 e. The summed E-state index contributed by atoms with van der Waals surface area (Å²) in [6, 6.07) is 22.3. The monoisotopic (exact) mass is 371 g/mol. The number of fused-ring (bicyclic) bond motifs is 3. The van der Waals surface area contributed by atoms with Gasteiger partial charge in [-0.1, -0.05) is 72.8 Å². The van der Waals surface area contributed by atoms with Crippen molar-refractivity contribution in [2.45, 2.75) is 25.3 Å². The van der Waals surface area contributed by atoms with E-state index in [1.165, 1.54) is 0 Å². The second kappa shape index (κ2) is 7.31. The van der Waals surface area contributed by atoms with Gasteiger partial charge in [0.05, 0.1) is 5.92 Å². The lowest BCUT2D eigenvalue weighted by Gasteiger charge is -2.20. The number of rotatable bonds is 5. The molecule has 4 heteroatoms. The summed E-state index contributed by atoms with van der Waals surface area (Å²) >= 11 is 0. The molecule has 0 radical (unpaired) electrons. The zero-order chi connectivity index (χ0) is 19.7. The van der Waals surface area contributed by atoms with Crippen LogP contribution in [0, 0.1) is 6.92 Å². The third kappa shape index (κ3) is 3.18. The van der Waals surface area contributed by atoms with Gasteiger partial charge in [-0.15, -0.1) is 0 Å². The van der Waals surface area contributed by atoms with Crippen LogP contribution in [0.2, 0.25) is 0 Å². The second-order valence-corrected chi connectivity index (χ2v) is 7.14. The Bertz CT molecular complexity index is 1010. The summed E-state index contributed by atoms with van der Waals surface area (Å²) in [5, 5.41) is 12.5. The minimum Gasteiger partial charge on any atom is -0.480 e. The van der Waals surface area contributed by atoms with Crippen molar-refractivity contribution in [3.63, 3.8) is 0 Å². The quantitative estimate of drug-likeness (QED) is 0.714. The fourth-order valence-electron chi connectivity index (χ4n) is 3.95. The number of carbonyl (C=O) groups excluding carboxylic acids is 1. The molecule has 1 aliphatic rings. The smallest absolute Gasteiger partial charge is 0.326 e. The highest BCUT2D eigenvalue weighted by atomic mass is 16.4. The maximum atomic E-state index is 13.2. The number of hydrogen-bond donors (Lipinski definition) is 2. The lowest BCUT2D eigenvalue weighted by molar-refractivity contribution is -0.141. The molecule has 1 amide bonds. The van der Waals surface area contributed by atoms with Gasteiger partial charge >= 0.3 is 5.97 Å². The molecule has 0 saturated carbocycles. The highest BCUT2D eigenvalue weighted by Crippen LogP contribution is 2.44. The van der Waals surface area contributed by atoms with E-state index in [2.05, 4.69) is 5.32 Å². The topological polar surface area (TPSA) is 66.4 Å². The number of carbonyl (C=O) groups is 2. The van der Waals surface area contributed by atoms with E-state index in [0.29, 0.717) is 0 Å². The van der Waals surface area contributed by atoms with Crippen LogP contribution in [0.15, 0.2) is 72.8 Å². The maximum absolute atomic E-state index is 13.2. The average Bonchev–Trinajstić information content (AvgIpc) is 3.03. The molecule has 0 saturated heterocycles. The summed E-state index contributed by atoms with van der Waals surface area (Å²) in [5.74, 6) is -1.80. The molecule has 1 atom stereocenters. The standard InChI is InChI=1S/C24H21NO3/c1-15-8-2-3-9-16(15)14-21(24(27)28)25-23(26)22-19-12-6-4-10-17(19)18-11-5-7-13-20(18)22/h2-13,21-22H,14H2,1H3,(H,25,26)(H,27,28)/t21-/m1/s1. The number of nitrogens with one attached hydrogen (secondary N) is 1. The van der Waals surface area contributed by atoms with E-state index in [1.807, 2.05) is 79.7 Å². The highest BCUT2D eigenvalue weighted by Gasteiger charge is 2.35. The van der Waals surface area contributed by atoms with Crippen LogP contribution in [0.4, 0.5) is 0 Å². The Hall–Kier alpha value is -3.40. The molecule has 3 aromatic carbocycles. The van der Waals surface area contributed by atoms with E-state index in [-0.39, 0.29) is 12.3 Å². The molecule has 0 aliphatic heterocycles. The number of hydrogen-bond acceptors (Lipinski definition) is 2. The first-order chi connectivity index (χ1) is 13.6. The third-order valence-corrected chi connectivity index (χ3v) is 5.40. The van der Waals surface area contributed by atoms with Gasteiger partial charge in [-0.25, -0.2) is 4.79 Å². The van der Waals surface area contributed by atoms with E-state index in [1.54, 1.807) is 0 Å². The number of aryl methyl sites for hydroxylation is 1. The van der Waals surface area contributed by atoms with Gasteiger partial charge in [0, 0.05) is 6.42 Å². The molecule has 0 aromatic heterocycles. The van der Waals surface area contributed by atoms with Crippen molar-refractivity contribution in [1.82, 2.24) is 5.32 Å². The Morgan fingerprint density at radius 1 is 0.893 bits per heavy atom. The van der Waals surface area contributed by atoms with Crippen LogP contribution in [0.1, 0.15) is 28.2 Å². The fourth-order valence-corrected chi connectivity index (χ4v) is 3.95. The van der Waals surface area contributed by atoms with Crippen LogP contribution in [0.5, 0.6) is 0 Å². The number of benzene rings is 3. The van der Waals surface area contributed by atoms with Gasteiger partial charge in [-0.05, 0) is 40.3 Å². The lowest BCUT2D eigenvalue weighted by atomic mass is 9.95. The molecule has 2 N–H and O–H groups in total. The molecule has 0 spiro atoms. The van der Waals surface area contributed by atoms with Crippen LogP contribution in [0.3, 0.4) is 0 Å². The molecule has 4 rings (SSSR count). The van der Waals surface area contributed by atoms with Crippen molar-refractivity contribution in [3.05, 3.63) is 95.1 Å². The van der Waals surface area contributed by atoms with Crippen LogP contribution in [-0.2, 0) is 16.0 Å². The molecule has 140 valence electrons. The Morgan fingerprint density at radius 3 is 2.00 bits per heavy atom. The summed E-state index contributed by atoms with van der Waals surface area (Å²) in [4.78, 5) is 25.0. The number of aliphatic carboxylic acids is 1. The molecule has 0 heterocycles. The number of amides is 1. The molecule has 0 fully saturated rings. The van der Waals surface area contributed by atoms with Crippen molar-refractivity contribution < 1.29 is 14.7 Å². The zero-order valence-electron chi connectivity index (χ0n) is 15.6. The molecule has 1 aliphatic carbocycles. The first kappa shape index (κ1) is 18.0. The highest BCUT2D eigenvalue weighted by molar-refractivity contribution is 5.97. The molecule has 0 unspecified atom stereocenters. The minimum atomic E-state index is -1.03. The van der Waals surface area contributed by atoms with E-state index in [9.17, 15) is 14.7 Å². The van der Waals surface area contributed by atoms with Crippen LogP contribution in [0.25, 0.3) is 11.1 Å². The normalized spacial score (nSPS) is 13.5. The largest absolute Gasteiger partial charge is 0.480 e. The molecule has 0 bridgehead atoms. The van der Waals surface area contributed by atoms with Crippen LogP contribution < -0.4 is 5.32 Å². The lowest BCUT2D eigenvalue weighted by Crippen LogP contribution is -2.44. The second-order valence-electron chi connectivity index (χ2n) is 7.14. The fraction of sp³-hybridized carbons (Fsp3) is 0.167.